The Morgan fingerprint density at radius 1 is 0.967 bits per heavy atom. The van der Waals surface area contributed by atoms with Crippen molar-refractivity contribution >= 4 is 43.0 Å². The first-order valence-corrected chi connectivity index (χ1v) is 12.9. The molecule has 10 heteroatoms. The molecule has 1 atom stereocenters. The van der Waals surface area contributed by atoms with E-state index in [9.17, 15) is 21.6 Å². The van der Waals surface area contributed by atoms with E-state index in [-0.39, 0.29) is 6.42 Å². The number of hydrogen-bond donors (Lipinski definition) is 1. The normalized spacial score (nSPS) is 12.8. The molecule has 0 aliphatic rings. The SMILES string of the molecule is CC[C@H](C(=O)Nc1cccc(N(C)S(C)(=O)=O)c1)N(c1ccc(C)cc1)S(C)(=O)=O. The molecule has 164 valence electrons. The Morgan fingerprint density at radius 2 is 1.57 bits per heavy atom. The minimum Gasteiger partial charge on any atom is -0.324 e. The Balaban J connectivity index is 2.36. The summed E-state index contributed by atoms with van der Waals surface area (Å²) >= 11 is 0. The molecule has 2 aromatic rings. The van der Waals surface area contributed by atoms with E-state index in [2.05, 4.69) is 5.32 Å². The fourth-order valence-electron chi connectivity index (χ4n) is 2.95. The summed E-state index contributed by atoms with van der Waals surface area (Å²) in [4.78, 5) is 13.0. The van der Waals surface area contributed by atoms with Crippen LogP contribution in [-0.4, -0.2) is 48.3 Å². The number of nitrogens with one attached hydrogen (secondary N) is 1. The van der Waals surface area contributed by atoms with Crippen LogP contribution in [-0.2, 0) is 24.8 Å². The smallest absolute Gasteiger partial charge is 0.248 e. The average molecular weight is 454 g/mol. The van der Waals surface area contributed by atoms with Gasteiger partial charge in [-0.3, -0.25) is 13.4 Å². The van der Waals surface area contributed by atoms with Gasteiger partial charge in [0.2, 0.25) is 26.0 Å². The molecule has 8 nitrogen and oxygen atoms in total. The van der Waals surface area contributed by atoms with Crippen molar-refractivity contribution in [3.8, 4) is 0 Å². The largest absolute Gasteiger partial charge is 0.324 e. The van der Waals surface area contributed by atoms with Crippen LogP contribution in [0.15, 0.2) is 48.5 Å². The van der Waals surface area contributed by atoms with Crippen LogP contribution in [0, 0.1) is 6.92 Å². The maximum atomic E-state index is 13.0. The molecule has 0 bridgehead atoms. The maximum Gasteiger partial charge on any atom is 0.248 e. The summed E-state index contributed by atoms with van der Waals surface area (Å²) in [5.41, 5.74) is 2.11. The zero-order valence-corrected chi connectivity index (χ0v) is 19.3. The van der Waals surface area contributed by atoms with Crippen molar-refractivity contribution in [2.24, 2.45) is 0 Å². The highest BCUT2D eigenvalue weighted by atomic mass is 32.2. The summed E-state index contributed by atoms with van der Waals surface area (Å²) in [5.74, 6) is -0.511. The Hall–Kier alpha value is -2.59. The summed E-state index contributed by atoms with van der Waals surface area (Å²) in [6.07, 6.45) is 2.39. The molecule has 0 aliphatic carbocycles. The molecule has 0 radical (unpaired) electrons. The van der Waals surface area contributed by atoms with Crippen LogP contribution in [0.25, 0.3) is 0 Å². The van der Waals surface area contributed by atoms with Crippen LogP contribution in [0.1, 0.15) is 18.9 Å². The number of carbonyl (C=O) groups is 1. The van der Waals surface area contributed by atoms with Crippen molar-refractivity contribution in [2.45, 2.75) is 26.3 Å². The van der Waals surface area contributed by atoms with Gasteiger partial charge in [0.15, 0.2) is 0 Å². The van der Waals surface area contributed by atoms with Gasteiger partial charge >= 0.3 is 0 Å². The number of sulfonamides is 2. The van der Waals surface area contributed by atoms with Crippen LogP contribution in [0.2, 0.25) is 0 Å². The molecule has 2 aromatic carbocycles. The van der Waals surface area contributed by atoms with Crippen molar-refractivity contribution in [2.75, 3.05) is 33.5 Å². The molecule has 1 amide bonds. The topological polar surface area (TPSA) is 104 Å². The minimum atomic E-state index is -3.74. The fraction of sp³-hybridized carbons (Fsp3) is 0.350. The highest BCUT2D eigenvalue weighted by molar-refractivity contribution is 7.92. The molecule has 2 rings (SSSR count). The van der Waals surface area contributed by atoms with Gasteiger partial charge in [0.25, 0.3) is 0 Å². The Bertz CT molecular complexity index is 1110. The predicted molar refractivity (Wildman–Crippen MR) is 121 cm³/mol. The number of anilines is 3. The van der Waals surface area contributed by atoms with Crippen molar-refractivity contribution in [1.82, 2.24) is 0 Å². The zero-order valence-electron chi connectivity index (χ0n) is 17.7. The van der Waals surface area contributed by atoms with E-state index in [0.717, 1.165) is 26.7 Å². The fourth-order valence-corrected chi connectivity index (χ4v) is 4.66. The standard InChI is InChI=1S/C20H27N3O5S2/c1-6-19(23(30(5,27)28)17-12-10-15(2)11-13-17)20(24)21-16-8-7-9-18(14-16)22(3)29(4,25)26/h7-14,19H,6H2,1-5H3,(H,21,24)/t19-/m1/s1. The molecule has 0 fully saturated rings. The summed E-state index contributed by atoms with van der Waals surface area (Å²) in [7, 11) is -5.79. The van der Waals surface area contributed by atoms with Crippen LogP contribution >= 0.6 is 0 Å². The van der Waals surface area contributed by atoms with Crippen LogP contribution in [0.5, 0.6) is 0 Å². The number of nitrogens with zero attached hydrogens (tertiary/aromatic N) is 2. The second-order valence-corrected chi connectivity index (χ2v) is 11.0. The molecule has 0 aromatic heterocycles. The van der Waals surface area contributed by atoms with Crippen molar-refractivity contribution in [1.29, 1.82) is 0 Å². The quantitative estimate of drug-likeness (QED) is 0.662. The van der Waals surface area contributed by atoms with Gasteiger partial charge in [-0.05, 0) is 43.7 Å². The third kappa shape index (κ3) is 5.73. The first kappa shape index (κ1) is 23.7. The molecular weight excluding hydrogens is 426 g/mol. The number of benzene rings is 2. The van der Waals surface area contributed by atoms with Gasteiger partial charge in [-0.15, -0.1) is 0 Å². The Labute approximate surface area is 178 Å². The summed E-state index contributed by atoms with van der Waals surface area (Å²) in [5, 5.41) is 2.71. The second-order valence-electron chi connectivity index (χ2n) is 7.09. The molecule has 0 saturated heterocycles. The zero-order chi connectivity index (χ0) is 22.7. The van der Waals surface area contributed by atoms with Gasteiger partial charge in [0.1, 0.15) is 6.04 Å². The van der Waals surface area contributed by atoms with Crippen LogP contribution in [0.3, 0.4) is 0 Å². The number of aryl methyl sites for hydroxylation is 1. The van der Waals surface area contributed by atoms with Gasteiger partial charge in [0.05, 0.1) is 23.9 Å². The Morgan fingerprint density at radius 3 is 2.07 bits per heavy atom. The van der Waals surface area contributed by atoms with Gasteiger partial charge in [-0.25, -0.2) is 16.8 Å². The first-order valence-electron chi connectivity index (χ1n) is 9.25. The second kappa shape index (κ2) is 9.05. The first-order chi connectivity index (χ1) is 13.8. The maximum absolute atomic E-state index is 13.0. The van der Waals surface area contributed by atoms with Gasteiger partial charge < -0.3 is 5.32 Å². The number of amides is 1. The van der Waals surface area contributed by atoms with E-state index < -0.39 is 32.0 Å². The molecule has 0 unspecified atom stereocenters. The molecular formula is C20H27N3O5S2. The highest BCUT2D eigenvalue weighted by Gasteiger charge is 2.31. The summed E-state index contributed by atoms with van der Waals surface area (Å²) in [6, 6.07) is 12.3. The number of carbonyl (C=O) groups excluding carboxylic acids is 1. The lowest BCUT2D eigenvalue weighted by atomic mass is 10.1. The molecule has 0 saturated carbocycles. The Kier molecular flexibility index (Phi) is 7.14. The molecule has 30 heavy (non-hydrogen) atoms. The lowest BCUT2D eigenvalue weighted by molar-refractivity contribution is -0.117. The van der Waals surface area contributed by atoms with E-state index >= 15 is 0 Å². The predicted octanol–water partition coefficient (Wildman–Crippen LogP) is 2.57. The lowest BCUT2D eigenvalue weighted by Gasteiger charge is -2.30. The monoisotopic (exact) mass is 453 g/mol. The molecule has 1 N–H and O–H groups in total. The van der Waals surface area contributed by atoms with E-state index in [0.29, 0.717) is 17.1 Å². The van der Waals surface area contributed by atoms with Crippen LogP contribution in [0.4, 0.5) is 17.1 Å². The van der Waals surface area contributed by atoms with Crippen LogP contribution < -0.4 is 13.9 Å². The third-order valence-electron chi connectivity index (χ3n) is 4.59. The van der Waals surface area contributed by atoms with Gasteiger partial charge in [-0.2, -0.15) is 0 Å². The molecule has 0 spiro atoms. The number of hydrogen-bond acceptors (Lipinski definition) is 5. The average Bonchev–Trinajstić information content (AvgIpc) is 2.64. The van der Waals surface area contributed by atoms with Crippen molar-refractivity contribution in [3.63, 3.8) is 0 Å². The minimum absolute atomic E-state index is 0.246. The summed E-state index contributed by atoms with van der Waals surface area (Å²) in [6.45, 7) is 3.61. The van der Waals surface area contributed by atoms with Gasteiger partial charge in [0, 0.05) is 12.7 Å². The van der Waals surface area contributed by atoms with Gasteiger partial charge in [-0.1, -0.05) is 30.7 Å². The summed E-state index contributed by atoms with van der Waals surface area (Å²) < 4.78 is 50.7. The van der Waals surface area contributed by atoms with E-state index in [4.69, 9.17) is 0 Å². The highest BCUT2D eigenvalue weighted by Crippen LogP contribution is 2.25. The lowest BCUT2D eigenvalue weighted by Crippen LogP contribution is -2.47. The molecule has 0 aliphatic heterocycles. The molecule has 0 heterocycles. The third-order valence-corrected chi connectivity index (χ3v) is 6.98. The van der Waals surface area contributed by atoms with E-state index in [1.807, 2.05) is 6.92 Å². The van der Waals surface area contributed by atoms with Crippen molar-refractivity contribution in [3.05, 3.63) is 54.1 Å². The van der Waals surface area contributed by atoms with Crippen molar-refractivity contribution < 1.29 is 21.6 Å². The number of rotatable bonds is 8. The van der Waals surface area contributed by atoms with E-state index in [1.54, 1.807) is 49.4 Å². The van der Waals surface area contributed by atoms with E-state index in [1.165, 1.54) is 13.1 Å².